The lowest BCUT2D eigenvalue weighted by atomic mass is 9.93. The number of primary amides is 1. The highest BCUT2D eigenvalue weighted by Crippen LogP contribution is 2.27. The molecule has 2 aliphatic rings. The Kier molecular flexibility index (Phi) is 5.06. The molecule has 0 radical (unpaired) electrons. The van der Waals surface area contributed by atoms with Crippen LogP contribution in [0, 0.1) is 0 Å². The van der Waals surface area contributed by atoms with Crippen LogP contribution >= 0.6 is 0 Å². The molecule has 0 spiro atoms. The highest BCUT2D eigenvalue weighted by molar-refractivity contribution is 5.96. The number of nitrogens with one attached hydrogen (secondary N) is 2. The van der Waals surface area contributed by atoms with Crippen molar-refractivity contribution in [1.29, 1.82) is 0 Å². The van der Waals surface area contributed by atoms with Crippen LogP contribution in [0.2, 0.25) is 0 Å². The maximum atomic E-state index is 11.6. The van der Waals surface area contributed by atoms with Crippen LogP contribution in [0.25, 0.3) is 0 Å². The highest BCUT2D eigenvalue weighted by atomic mass is 16.5. The largest absolute Gasteiger partial charge is 0.380 e. The van der Waals surface area contributed by atoms with Crippen LogP contribution in [0.1, 0.15) is 29.8 Å². The number of hydrogen-bond acceptors (Lipinski definition) is 7. The van der Waals surface area contributed by atoms with Gasteiger partial charge in [-0.15, -0.1) is 10.2 Å². The first-order valence-electron chi connectivity index (χ1n) is 9.33. The van der Waals surface area contributed by atoms with Crippen LogP contribution in [0.5, 0.6) is 0 Å². The van der Waals surface area contributed by atoms with Gasteiger partial charge in [0.2, 0.25) is 0 Å². The van der Waals surface area contributed by atoms with E-state index in [-0.39, 0.29) is 5.69 Å². The molecule has 1 aromatic carbocycles. The number of nitrogens with zero attached hydrogens (tertiary/aromatic N) is 3. The summed E-state index contributed by atoms with van der Waals surface area (Å²) in [5.41, 5.74) is 8.31. The zero-order valence-electron chi connectivity index (χ0n) is 15.1. The molecule has 0 atom stereocenters. The number of aromatic nitrogens is 2. The van der Waals surface area contributed by atoms with Crippen molar-refractivity contribution in [2.24, 2.45) is 5.73 Å². The Balaban J connectivity index is 1.48. The van der Waals surface area contributed by atoms with E-state index >= 15 is 0 Å². The van der Waals surface area contributed by atoms with E-state index in [9.17, 15) is 4.79 Å². The van der Waals surface area contributed by atoms with E-state index in [0.717, 1.165) is 44.8 Å². The SMILES string of the molecule is NC(=O)c1nnc(Nc2ccc(N3CCOCC3)cc2)cc1NC1CCC1. The number of hydrogen-bond donors (Lipinski definition) is 3. The lowest BCUT2D eigenvalue weighted by molar-refractivity contribution is 0.0995. The minimum absolute atomic E-state index is 0.176. The van der Waals surface area contributed by atoms with Gasteiger partial charge >= 0.3 is 0 Å². The summed E-state index contributed by atoms with van der Waals surface area (Å²) >= 11 is 0. The number of morpholine rings is 1. The van der Waals surface area contributed by atoms with Gasteiger partial charge < -0.3 is 26.0 Å². The fourth-order valence-corrected chi connectivity index (χ4v) is 3.24. The van der Waals surface area contributed by atoms with Gasteiger partial charge in [-0.25, -0.2) is 0 Å². The molecule has 1 saturated heterocycles. The second kappa shape index (κ2) is 7.79. The monoisotopic (exact) mass is 368 g/mol. The molecule has 4 rings (SSSR count). The van der Waals surface area contributed by atoms with Crippen molar-refractivity contribution in [2.45, 2.75) is 25.3 Å². The second-order valence-electron chi connectivity index (χ2n) is 6.90. The number of amides is 1. The Labute approximate surface area is 158 Å². The summed E-state index contributed by atoms with van der Waals surface area (Å²) in [5, 5.41) is 14.7. The summed E-state index contributed by atoms with van der Waals surface area (Å²) in [4.78, 5) is 13.9. The van der Waals surface area contributed by atoms with Crippen LogP contribution in [-0.2, 0) is 4.74 Å². The van der Waals surface area contributed by atoms with Crippen LogP contribution in [-0.4, -0.2) is 48.4 Å². The first kappa shape index (κ1) is 17.5. The predicted octanol–water partition coefficient (Wildman–Crippen LogP) is 2.12. The summed E-state index contributed by atoms with van der Waals surface area (Å²) in [6, 6.07) is 10.3. The fourth-order valence-electron chi connectivity index (χ4n) is 3.24. The quantitative estimate of drug-likeness (QED) is 0.717. The molecule has 1 amide bonds. The number of nitrogens with two attached hydrogens (primary N) is 1. The molecule has 0 bridgehead atoms. The smallest absolute Gasteiger partial charge is 0.271 e. The van der Waals surface area contributed by atoms with E-state index in [4.69, 9.17) is 10.5 Å². The third-order valence-corrected chi connectivity index (χ3v) is 5.01. The second-order valence-corrected chi connectivity index (χ2v) is 6.90. The molecule has 1 saturated carbocycles. The lowest BCUT2D eigenvalue weighted by Crippen LogP contribution is -2.36. The van der Waals surface area contributed by atoms with Crippen molar-refractivity contribution < 1.29 is 9.53 Å². The maximum Gasteiger partial charge on any atom is 0.271 e. The summed E-state index contributed by atoms with van der Waals surface area (Å²) < 4.78 is 5.39. The maximum absolute atomic E-state index is 11.6. The van der Waals surface area contributed by atoms with Gasteiger partial charge in [0.25, 0.3) is 5.91 Å². The van der Waals surface area contributed by atoms with E-state index in [2.05, 4.69) is 37.9 Å². The molecule has 27 heavy (non-hydrogen) atoms. The summed E-state index contributed by atoms with van der Waals surface area (Å²) in [5.74, 6) is -0.00770. The van der Waals surface area contributed by atoms with Crippen molar-refractivity contribution in [3.8, 4) is 0 Å². The molecule has 1 aliphatic carbocycles. The van der Waals surface area contributed by atoms with Gasteiger partial charge in [-0.2, -0.15) is 0 Å². The molecule has 2 fully saturated rings. The molecular weight excluding hydrogens is 344 g/mol. The molecule has 142 valence electrons. The zero-order chi connectivity index (χ0) is 18.6. The lowest BCUT2D eigenvalue weighted by Gasteiger charge is -2.29. The number of benzene rings is 1. The minimum atomic E-state index is -0.578. The Hall–Kier alpha value is -2.87. The molecule has 2 heterocycles. The summed E-state index contributed by atoms with van der Waals surface area (Å²) in [6.45, 7) is 3.34. The number of carbonyl (C=O) groups is 1. The van der Waals surface area contributed by atoms with Crippen LogP contribution < -0.4 is 21.3 Å². The highest BCUT2D eigenvalue weighted by Gasteiger charge is 2.21. The summed E-state index contributed by atoms with van der Waals surface area (Å²) in [7, 11) is 0. The van der Waals surface area contributed by atoms with Crippen molar-refractivity contribution in [1.82, 2.24) is 10.2 Å². The summed E-state index contributed by atoms with van der Waals surface area (Å²) in [6.07, 6.45) is 3.38. The first-order chi connectivity index (χ1) is 13.2. The minimum Gasteiger partial charge on any atom is -0.380 e. The van der Waals surface area contributed by atoms with E-state index in [0.29, 0.717) is 17.5 Å². The average Bonchev–Trinajstić information content (AvgIpc) is 2.66. The third-order valence-electron chi connectivity index (χ3n) is 5.01. The Morgan fingerprint density at radius 3 is 2.52 bits per heavy atom. The van der Waals surface area contributed by atoms with Gasteiger partial charge in [0.15, 0.2) is 11.5 Å². The molecule has 1 aromatic heterocycles. The van der Waals surface area contributed by atoms with Crippen LogP contribution in [0.4, 0.5) is 22.9 Å². The zero-order valence-corrected chi connectivity index (χ0v) is 15.1. The van der Waals surface area contributed by atoms with Gasteiger partial charge in [-0.1, -0.05) is 0 Å². The van der Waals surface area contributed by atoms with E-state index in [1.54, 1.807) is 6.07 Å². The molecule has 8 nitrogen and oxygen atoms in total. The third kappa shape index (κ3) is 4.11. The molecule has 8 heteroatoms. The Morgan fingerprint density at radius 2 is 1.89 bits per heavy atom. The van der Waals surface area contributed by atoms with Gasteiger partial charge in [0.05, 0.1) is 18.9 Å². The van der Waals surface area contributed by atoms with Crippen molar-refractivity contribution in [3.63, 3.8) is 0 Å². The number of carbonyl (C=O) groups excluding carboxylic acids is 1. The van der Waals surface area contributed by atoms with Crippen molar-refractivity contribution in [3.05, 3.63) is 36.0 Å². The molecule has 4 N–H and O–H groups in total. The average molecular weight is 368 g/mol. The van der Waals surface area contributed by atoms with Gasteiger partial charge in [0.1, 0.15) is 0 Å². The Morgan fingerprint density at radius 1 is 1.15 bits per heavy atom. The number of anilines is 4. The van der Waals surface area contributed by atoms with E-state index < -0.39 is 5.91 Å². The number of rotatable bonds is 6. The standard InChI is InChI=1S/C19H24N6O2/c20-19(26)18-16(21-13-2-1-3-13)12-17(23-24-18)22-14-4-6-15(7-5-14)25-8-10-27-11-9-25/h4-7,12-13H,1-3,8-11H2,(H2,20,26)(H2,21,22,23). The molecule has 0 unspecified atom stereocenters. The molecule has 2 aromatic rings. The van der Waals surface area contributed by atoms with Crippen LogP contribution in [0.15, 0.2) is 30.3 Å². The van der Waals surface area contributed by atoms with E-state index in [1.807, 2.05) is 12.1 Å². The predicted molar refractivity (Wildman–Crippen MR) is 105 cm³/mol. The molecular formula is C19H24N6O2. The normalized spacial score (nSPS) is 17.3. The Bertz CT molecular complexity index is 800. The van der Waals surface area contributed by atoms with E-state index in [1.165, 1.54) is 12.1 Å². The topological polar surface area (TPSA) is 105 Å². The van der Waals surface area contributed by atoms with Crippen molar-refractivity contribution >= 4 is 28.8 Å². The number of ether oxygens (including phenoxy) is 1. The first-order valence-corrected chi connectivity index (χ1v) is 9.33. The van der Waals surface area contributed by atoms with Crippen molar-refractivity contribution in [2.75, 3.05) is 41.8 Å². The van der Waals surface area contributed by atoms with Gasteiger partial charge in [0, 0.05) is 36.6 Å². The fraction of sp³-hybridized carbons (Fsp3) is 0.421. The van der Waals surface area contributed by atoms with Gasteiger partial charge in [-0.05, 0) is 43.5 Å². The van der Waals surface area contributed by atoms with Crippen LogP contribution in [0.3, 0.4) is 0 Å². The molecule has 1 aliphatic heterocycles. The van der Waals surface area contributed by atoms with Gasteiger partial charge in [-0.3, -0.25) is 4.79 Å².